The largest absolute Gasteiger partial charge is 0.455 e. The Morgan fingerprint density at radius 2 is 1.79 bits per heavy atom. The third-order valence-corrected chi connectivity index (χ3v) is 5.51. The van der Waals surface area contributed by atoms with Gasteiger partial charge in [-0.3, -0.25) is 0 Å². The van der Waals surface area contributed by atoms with Crippen LogP contribution in [0.5, 0.6) is 0 Å². The van der Waals surface area contributed by atoms with Crippen LogP contribution in [-0.2, 0) is 7.05 Å². The lowest BCUT2D eigenvalue weighted by Crippen LogP contribution is -2.31. The van der Waals surface area contributed by atoms with Crippen molar-refractivity contribution in [1.82, 2.24) is 0 Å². The second kappa shape index (κ2) is 6.59. The molecule has 0 N–H and O–H groups in total. The number of hydrogen-bond donors (Lipinski definition) is 0. The fourth-order valence-corrected chi connectivity index (χ4v) is 4.13. The van der Waals surface area contributed by atoms with Crippen molar-refractivity contribution >= 4 is 21.9 Å². The van der Waals surface area contributed by atoms with Crippen molar-refractivity contribution in [3.8, 4) is 22.4 Å². The summed E-state index contributed by atoms with van der Waals surface area (Å²) in [5.41, 5.74) is 6.08. The molecule has 0 aliphatic heterocycles. The smallest absolute Gasteiger partial charge is 0.212 e. The first-order valence-corrected chi connectivity index (χ1v) is 9.53. The summed E-state index contributed by atoms with van der Waals surface area (Å²) in [4.78, 5) is 0. The molecule has 2 aromatic heterocycles. The van der Waals surface area contributed by atoms with Gasteiger partial charge in [-0.2, -0.15) is 0 Å². The highest BCUT2D eigenvalue weighted by atomic mass is 16.3. The molecule has 0 atom stereocenters. The number of nitrogens with zero attached hydrogens (tertiary/aromatic N) is 1. The number of aromatic nitrogens is 1. The molecule has 0 bridgehead atoms. The van der Waals surface area contributed by atoms with E-state index in [0.29, 0.717) is 16.8 Å². The van der Waals surface area contributed by atoms with Gasteiger partial charge in [-0.15, -0.1) is 0 Å². The maximum atomic E-state index is 8.63. The Kier molecular flexibility index (Phi) is 2.78. The monoisotopic (exact) mass is 384 g/mol. The van der Waals surface area contributed by atoms with Crippen LogP contribution in [0.4, 0.5) is 0 Å². The summed E-state index contributed by atoms with van der Waals surface area (Å²) < 4.78 is 56.4. The molecule has 3 aromatic carbocycles. The van der Waals surface area contributed by atoms with Crippen LogP contribution in [-0.4, -0.2) is 0 Å². The molecule has 0 aliphatic rings. The van der Waals surface area contributed by atoms with Crippen molar-refractivity contribution < 1.29 is 17.2 Å². The number of furan rings is 1. The molecule has 142 valence electrons. The molecule has 2 heteroatoms. The summed E-state index contributed by atoms with van der Waals surface area (Å²) >= 11 is 0. The zero-order chi connectivity index (χ0) is 25.2. The van der Waals surface area contributed by atoms with E-state index >= 15 is 0 Å². The van der Waals surface area contributed by atoms with E-state index in [9.17, 15) is 0 Å². The van der Waals surface area contributed by atoms with Crippen molar-refractivity contribution in [1.29, 1.82) is 0 Å². The Balaban J connectivity index is 1.83. The average Bonchev–Trinajstić information content (AvgIpc) is 3.18. The minimum absolute atomic E-state index is 0.217. The predicted molar refractivity (Wildman–Crippen MR) is 120 cm³/mol. The maximum absolute atomic E-state index is 8.63. The van der Waals surface area contributed by atoms with Crippen LogP contribution in [0.25, 0.3) is 44.3 Å². The highest BCUT2D eigenvalue weighted by molar-refractivity contribution is 6.12. The molecule has 0 radical (unpaired) electrons. The summed E-state index contributed by atoms with van der Waals surface area (Å²) in [6.45, 7) is 1.34. The van der Waals surface area contributed by atoms with E-state index in [2.05, 4.69) is 25.1 Å². The minimum Gasteiger partial charge on any atom is -0.455 e. The number of fused-ring (bicyclic) bond motifs is 3. The third-order valence-electron chi connectivity index (χ3n) is 5.51. The Labute approximate surface area is 179 Å². The quantitative estimate of drug-likeness (QED) is 0.311. The van der Waals surface area contributed by atoms with Gasteiger partial charge in [0, 0.05) is 37.6 Å². The van der Waals surface area contributed by atoms with Gasteiger partial charge in [0.05, 0.1) is 2.74 Å². The SMILES string of the molecule is [2H]c1c([2H])c(-c2ccc3oc4c(-c5ccccc5)c(C)ccc4c3c2C)[n+](C)c([2H])c1C([2H])([2H])[2H]. The van der Waals surface area contributed by atoms with Crippen LogP contribution in [0.3, 0.4) is 0 Å². The molecule has 5 rings (SSSR count). The first kappa shape index (κ1) is 12.2. The standard InChI is InChI=1S/C27H24NO/c1-17-10-14-23(28(4)16-17)21-13-15-24-26(19(21)3)22-12-11-18(2)25(27(22)29-24)20-8-6-5-7-9-20/h5-16H,1-4H3/q+1/i1D3,10D,14D,16D. The van der Waals surface area contributed by atoms with Gasteiger partial charge in [-0.25, -0.2) is 4.57 Å². The number of hydrogen-bond acceptors (Lipinski definition) is 1. The molecular formula is C27H24NO+. The van der Waals surface area contributed by atoms with Crippen molar-refractivity contribution in [3.05, 3.63) is 89.5 Å². The van der Waals surface area contributed by atoms with Crippen molar-refractivity contribution in [2.75, 3.05) is 0 Å². The Bertz CT molecular complexity index is 1600. The lowest BCUT2D eigenvalue weighted by molar-refractivity contribution is -0.660. The van der Waals surface area contributed by atoms with E-state index in [-0.39, 0.29) is 12.2 Å². The lowest BCUT2D eigenvalue weighted by atomic mass is 9.95. The molecule has 2 heterocycles. The molecule has 0 unspecified atom stereocenters. The molecule has 5 aromatic rings. The van der Waals surface area contributed by atoms with E-state index < -0.39 is 18.5 Å². The summed E-state index contributed by atoms with van der Waals surface area (Å²) in [5, 5.41) is 1.83. The van der Waals surface area contributed by atoms with Gasteiger partial charge in [-0.05, 0) is 55.6 Å². The number of rotatable bonds is 2. The Morgan fingerprint density at radius 1 is 0.966 bits per heavy atom. The second-order valence-electron chi connectivity index (χ2n) is 7.36. The van der Waals surface area contributed by atoms with Crippen LogP contribution in [0.1, 0.15) is 24.9 Å². The van der Waals surface area contributed by atoms with Gasteiger partial charge < -0.3 is 4.42 Å². The van der Waals surface area contributed by atoms with E-state index in [4.69, 9.17) is 12.6 Å². The van der Waals surface area contributed by atoms with Crippen LogP contribution in [0.2, 0.25) is 0 Å². The molecule has 0 aliphatic carbocycles. The van der Waals surface area contributed by atoms with Crippen molar-refractivity contribution in [2.24, 2.45) is 7.05 Å². The lowest BCUT2D eigenvalue weighted by Gasteiger charge is -2.07. The summed E-state index contributed by atoms with van der Waals surface area (Å²) in [6, 6.07) is 17.2. The van der Waals surface area contributed by atoms with E-state index in [1.807, 2.05) is 43.3 Å². The molecule has 0 spiro atoms. The number of pyridine rings is 1. The molecule has 0 saturated heterocycles. The van der Waals surface area contributed by atoms with Crippen molar-refractivity contribution in [3.63, 3.8) is 0 Å². The van der Waals surface area contributed by atoms with Crippen LogP contribution in [0.15, 0.2) is 77.3 Å². The van der Waals surface area contributed by atoms with Crippen LogP contribution in [0, 0.1) is 20.7 Å². The Hall–Kier alpha value is -3.39. The fraction of sp³-hybridized carbons (Fsp3) is 0.148. The first-order valence-electron chi connectivity index (χ1n) is 12.5. The van der Waals surface area contributed by atoms with Crippen molar-refractivity contribution in [2.45, 2.75) is 20.7 Å². The van der Waals surface area contributed by atoms with Gasteiger partial charge >= 0.3 is 0 Å². The second-order valence-corrected chi connectivity index (χ2v) is 7.36. The molecule has 0 saturated carbocycles. The summed E-state index contributed by atoms with van der Waals surface area (Å²) in [5.74, 6) is 0. The highest BCUT2D eigenvalue weighted by Crippen LogP contribution is 2.40. The molecule has 0 fully saturated rings. The zero-order valence-electron chi connectivity index (χ0n) is 22.6. The van der Waals surface area contributed by atoms with Gasteiger partial charge in [0.25, 0.3) is 0 Å². The Morgan fingerprint density at radius 3 is 2.59 bits per heavy atom. The topological polar surface area (TPSA) is 17.0 Å². The summed E-state index contributed by atoms with van der Waals surface area (Å²) in [7, 11) is 1.57. The first-order chi connectivity index (χ1) is 16.5. The molecular weight excluding hydrogens is 354 g/mol. The maximum Gasteiger partial charge on any atom is 0.212 e. The average molecular weight is 385 g/mol. The van der Waals surface area contributed by atoms with Gasteiger partial charge in [0.1, 0.15) is 19.6 Å². The third kappa shape index (κ3) is 2.75. The highest BCUT2D eigenvalue weighted by Gasteiger charge is 2.20. The molecule has 0 amide bonds. The number of benzene rings is 3. The van der Waals surface area contributed by atoms with Gasteiger partial charge in [-0.1, -0.05) is 42.5 Å². The summed E-state index contributed by atoms with van der Waals surface area (Å²) in [6.07, 6.45) is -0.292. The zero-order valence-corrected chi connectivity index (χ0v) is 16.6. The van der Waals surface area contributed by atoms with Gasteiger partial charge in [0.2, 0.25) is 5.69 Å². The van der Waals surface area contributed by atoms with E-state index in [1.54, 1.807) is 7.05 Å². The molecule has 29 heavy (non-hydrogen) atoms. The van der Waals surface area contributed by atoms with E-state index in [1.165, 1.54) is 4.57 Å². The van der Waals surface area contributed by atoms with E-state index in [0.717, 1.165) is 38.6 Å². The normalized spacial score (nSPS) is 14.9. The number of aryl methyl sites for hydroxylation is 2. The molecule has 2 nitrogen and oxygen atoms in total. The van der Waals surface area contributed by atoms with Gasteiger partial charge in [0.15, 0.2) is 6.17 Å². The van der Waals surface area contributed by atoms with Crippen LogP contribution < -0.4 is 4.57 Å². The fourth-order valence-electron chi connectivity index (χ4n) is 4.13. The minimum atomic E-state index is -2.65. The predicted octanol–water partition coefficient (Wildman–Crippen LogP) is 6.67. The van der Waals surface area contributed by atoms with Crippen LogP contribution >= 0.6 is 0 Å².